The lowest BCUT2D eigenvalue weighted by atomic mass is 10.3. The average molecular weight is 226 g/mol. The van der Waals surface area contributed by atoms with Crippen molar-refractivity contribution in [2.75, 3.05) is 14.1 Å². The number of hydrogen-bond donors (Lipinski definition) is 1. The largest absolute Gasteiger partial charge is 0.347 e. The lowest BCUT2D eigenvalue weighted by Crippen LogP contribution is -2.40. The van der Waals surface area contributed by atoms with Crippen molar-refractivity contribution in [2.24, 2.45) is 0 Å². The molecule has 1 aromatic heterocycles. The number of carbonyl (C=O) groups excluding carboxylic acids is 1. The molecule has 0 aliphatic carbocycles. The van der Waals surface area contributed by atoms with Gasteiger partial charge >= 0.3 is 0 Å². The van der Waals surface area contributed by atoms with Gasteiger partial charge in [-0.15, -0.1) is 11.3 Å². The standard InChI is InChI=1S/C11H18N2OS/c1-8-5-6-10(15-8)7-12-9(2)11(14)13(3)4/h5-6,9,12H,7H2,1-4H3. The minimum Gasteiger partial charge on any atom is -0.347 e. The SMILES string of the molecule is Cc1ccc(CNC(C)C(=O)N(C)C)s1. The molecule has 0 fully saturated rings. The van der Waals surface area contributed by atoms with E-state index in [1.54, 1.807) is 30.3 Å². The molecule has 4 heteroatoms. The lowest BCUT2D eigenvalue weighted by Gasteiger charge is -2.17. The van der Waals surface area contributed by atoms with Crippen molar-refractivity contribution in [3.05, 3.63) is 21.9 Å². The molecular formula is C11H18N2OS. The molecule has 0 saturated heterocycles. The highest BCUT2D eigenvalue weighted by Gasteiger charge is 2.13. The quantitative estimate of drug-likeness (QED) is 0.846. The third-order valence-corrected chi connectivity index (χ3v) is 3.19. The van der Waals surface area contributed by atoms with Crippen LogP contribution in [0.4, 0.5) is 0 Å². The zero-order valence-electron chi connectivity index (χ0n) is 9.70. The van der Waals surface area contributed by atoms with Crippen molar-refractivity contribution >= 4 is 17.2 Å². The number of amides is 1. The summed E-state index contributed by atoms with van der Waals surface area (Å²) in [5, 5.41) is 3.21. The average Bonchev–Trinajstić information content (AvgIpc) is 2.59. The van der Waals surface area contributed by atoms with Crippen LogP contribution in [0, 0.1) is 6.92 Å². The second kappa shape index (κ2) is 5.28. The normalized spacial score (nSPS) is 12.5. The Bertz CT molecular complexity index is 333. The van der Waals surface area contributed by atoms with Gasteiger partial charge < -0.3 is 10.2 Å². The van der Waals surface area contributed by atoms with Crippen molar-refractivity contribution < 1.29 is 4.79 Å². The van der Waals surface area contributed by atoms with Crippen LogP contribution < -0.4 is 5.32 Å². The molecule has 0 aromatic carbocycles. The van der Waals surface area contributed by atoms with Gasteiger partial charge in [-0.05, 0) is 26.0 Å². The minimum absolute atomic E-state index is 0.114. The Morgan fingerprint density at radius 1 is 1.53 bits per heavy atom. The van der Waals surface area contributed by atoms with Gasteiger partial charge in [-0.2, -0.15) is 0 Å². The van der Waals surface area contributed by atoms with Gasteiger partial charge in [0, 0.05) is 30.4 Å². The van der Waals surface area contributed by atoms with Crippen molar-refractivity contribution in [3.63, 3.8) is 0 Å². The van der Waals surface area contributed by atoms with Crippen molar-refractivity contribution in [1.29, 1.82) is 0 Å². The Morgan fingerprint density at radius 3 is 2.67 bits per heavy atom. The fourth-order valence-corrected chi connectivity index (χ4v) is 2.15. The van der Waals surface area contributed by atoms with E-state index < -0.39 is 0 Å². The van der Waals surface area contributed by atoms with Crippen molar-refractivity contribution in [1.82, 2.24) is 10.2 Å². The number of nitrogens with zero attached hydrogens (tertiary/aromatic N) is 1. The molecule has 3 nitrogen and oxygen atoms in total. The Morgan fingerprint density at radius 2 is 2.20 bits per heavy atom. The Labute approximate surface area is 95.1 Å². The summed E-state index contributed by atoms with van der Waals surface area (Å²) < 4.78 is 0. The lowest BCUT2D eigenvalue weighted by molar-refractivity contribution is -0.130. The summed E-state index contributed by atoms with van der Waals surface area (Å²) in [6.07, 6.45) is 0. The third kappa shape index (κ3) is 3.64. The highest BCUT2D eigenvalue weighted by atomic mass is 32.1. The topological polar surface area (TPSA) is 32.3 Å². The molecule has 1 unspecified atom stereocenters. The van der Waals surface area contributed by atoms with E-state index in [9.17, 15) is 4.79 Å². The molecule has 0 aliphatic heterocycles. The van der Waals surface area contributed by atoms with Gasteiger partial charge in [-0.3, -0.25) is 4.79 Å². The summed E-state index contributed by atoms with van der Waals surface area (Å²) in [5.74, 6) is 0.114. The zero-order valence-corrected chi connectivity index (χ0v) is 10.5. The number of carbonyl (C=O) groups is 1. The highest BCUT2D eigenvalue weighted by Crippen LogP contribution is 2.14. The van der Waals surface area contributed by atoms with Crippen molar-refractivity contribution in [3.8, 4) is 0 Å². The fourth-order valence-electron chi connectivity index (χ4n) is 1.31. The number of aryl methyl sites for hydroxylation is 1. The van der Waals surface area contributed by atoms with E-state index in [-0.39, 0.29) is 11.9 Å². The summed E-state index contributed by atoms with van der Waals surface area (Å²) >= 11 is 1.76. The summed E-state index contributed by atoms with van der Waals surface area (Å²) in [7, 11) is 3.55. The minimum atomic E-state index is -0.123. The van der Waals surface area contributed by atoms with Crippen LogP contribution in [-0.4, -0.2) is 30.9 Å². The van der Waals surface area contributed by atoms with Crippen LogP contribution >= 0.6 is 11.3 Å². The van der Waals surface area contributed by atoms with E-state index in [4.69, 9.17) is 0 Å². The second-order valence-electron chi connectivity index (χ2n) is 3.85. The smallest absolute Gasteiger partial charge is 0.238 e. The number of likely N-dealkylation sites (N-methyl/N-ethyl adjacent to an activating group) is 1. The molecule has 15 heavy (non-hydrogen) atoms. The molecule has 0 aliphatic rings. The van der Waals surface area contributed by atoms with E-state index >= 15 is 0 Å². The molecule has 84 valence electrons. The maximum absolute atomic E-state index is 11.5. The zero-order chi connectivity index (χ0) is 11.4. The Hall–Kier alpha value is -0.870. The van der Waals surface area contributed by atoms with Crippen LogP contribution in [0.25, 0.3) is 0 Å². The Balaban J connectivity index is 2.40. The number of nitrogens with one attached hydrogen (secondary N) is 1. The Kier molecular flexibility index (Phi) is 4.29. The first-order valence-electron chi connectivity index (χ1n) is 5.00. The molecule has 1 amide bonds. The number of rotatable bonds is 4. The third-order valence-electron chi connectivity index (χ3n) is 2.19. The van der Waals surface area contributed by atoms with Gasteiger partial charge in [0.25, 0.3) is 0 Å². The molecule has 0 spiro atoms. The maximum atomic E-state index is 11.5. The predicted molar refractivity (Wildman–Crippen MR) is 64.1 cm³/mol. The van der Waals surface area contributed by atoms with E-state index in [0.717, 1.165) is 6.54 Å². The number of hydrogen-bond acceptors (Lipinski definition) is 3. The van der Waals surface area contributed by atoms with Gasteiger partial charge in [-0.1, -0.05) is 0 Å². The second-order valence-corrected chi connectivity index (χ2v) is 5.22. The van der Waals surface area contributed by atoms with E-state index in [2.05, 4.69) is 24.4 Å². The monoisotopic (exact) mass is 226 g/mol. The van der Waals surface area contributed by atoms with Crippen LogP contribution in [0.2, 0.25) is 0 Å². The van der Waals surface area contributed by atoms with Crippen LogP contribution in [0.1, 0.15) is 16.7 Å². The molecule has 0 saturated carbocycles. The first-order chi connectivity index (χ1) is 7.00. The first kappa shape index (κ1) is 12.2. The molecule has 1 aromatic rings. The molecule has 1 rings (SSSR count). The van der Waals surface area contributed by atoms with Gasteiger partial charge in [0.15, 0.2) is 0 Å². The molecule has 1 N–H and O–H groups in total. The fraction of sp³-hybridized carbons (Fsp3) is 0.545. The first-order valence-corrected chi connectivity index (χ1v) is 5.82. The molecule has 1 atom stereocenters. The number of thiophene rings is 1. The van der Waals surface area contributed by atoms with Gasteiger partial charge in [0.1, 0.15) is 0 Å². The maximum Gasteiger partial charge on any atom is 0.238 e. The van der Waals surface area contributed by atoms with E-state index in [0.29, 0.717) is 0 Å². The van der Waals surface area contributed by atoms with Crippen LogP contribution in [0.3, 0.4) is 0 Å². The molecule has 1 heterocycles. The van der Waals surface area contributed by atoms with Gasteiger partial charge in [0.05, 0.1) is 6.04 Å². The van der Waals surface area contributed by atoms with Crippen LogP contribution in [-0.2, 0) is 11.3 Å². The van der Waals surface area contributed by atoms with Crippen molar-refractivity contribution in [2.45, 2.75) is 26.4 Å². The molecule has 0 bridgehead atoms. The molecule has 0 radical (unpaired) electrons. The summed E-state index contributed by atoms with van der Waals surface area (Å²) in [5.41, 5.74) is 0. The van der Waals surface area contributed by atoms with E-state index in [1.165, 1.54) is 9.75 Å². The highest BCUT2D eigenvalue weighted by molar-refractivity contribution is 7.11. The predicted octanol–water partition coefficient (Wildman–Crippen LogP) is 1.62. The summed E-state index contributed by atoms with van der Waals surface area (Å²) in [6, 6.07) is 4.07. The van der Waals surface area contributed by atoms with Gasteiger partial charge in [-0.25, -0.2) is 0 Å². The summed E-state index contributed by atoms with van der Waals surface area (Å²) in [6.45, 7) is 4.74. The van der Waals surface area contributed by atoms with Gasteiger partial charge in [0.2, 0.25) is 5.91 Å². The summed E-state index contributed by atoms with van der Waals surface area (Å²) in [4.78, 5) is 15.7. The van der Waals surface area contributed by atoms with E-state index in [1.807, 2.05) is 6.92 Å². The molecular weight excluding hydrogens is 208 g/mol. The van der Waals surface area contributed by atoms with Crippen LogP contribution in [0.15, 0.2) is 12.1 Å². The van der Waals surface area contributed by atoms with Crippen LogP contribution in [0.5, 0.6) is 0 Å².